The van der Waals surface area contributed by atoms with E-state index in [1.54, 1.807) is 0 Å². The predicted molar refractivity (Wildman–Crippen MR) is 110 cm³/mol. The highest BCUT2D eigenvalue weighted by Gasteiger charge is 2.30. The van der Waals surface area contributed by atoms with Gasteiger partial charge in [-0.15, -0.1) is 0 Å². The van der Waals surface area contributed by atoms with Crippen molar-refractivity contribution in [2.24, 2.45) is 4.99 Å². The van der Waals surface area contributed by atoms with E-state index in [-0.39, 0.29) is 5.97 Å². The molecule has 0 unspecified atom stereocenters. The largest absolute Gasteiger partial charge is 0.406 e. The van der Waals surface area contributed by atoms with E-state index in [0.717, 1.165) is 22.4 Å². The van der Waals surface area contributed by atoms with Crippen LogP contribution in [0.4, 0.5) is 5.69 Å². The third-order valence-corrected chi connectivity index (χ3v) is 4.85. The number of anilines is 1. The monoisotopic (exact) mass is 386 g/mol. The van der Waals surface area contributed by atoms with E-state index in [9.17, 15) is 4.79 Å². The van der Waals surface area contributed by atoms with Gasteiger partial charge in [0.25, 0.3) is 0 Å². The highest BCUT2D eigenvalue weighted by Crippen LogP contribution is 2.23. The maximum absolute atomic E-state index is 12.3. The molecule has 0 saturated heterocycles. The molecule has 1 heterocycles. The minimum atomic E-state index is -0.553. The molecule has 1 aliphatic rings. The van der Waals surface area contributed by atoms with Crippen LogP contribution in [-0.4, -0.2) is 31.0 Å². The molecule has 0 aliphatic carbocycles. The Morgan fingerprint density at radius 3 is 2.38 bits per heavy atom. The van der Waals surface area contributed by atoms with Crippen LogP contribution < -0.4 is 4.90 Å². The van der Waals surface area contributed by atoms with Crippen molar-refractivity contribution in [2.45, 2.75) is 32.2 Å². The first-order valence-corrected chi connectivity index (χ1v) is 9.55. The van der Waals surface area contributed by atoms with Crippen LogP contribution in [0, 0.1) is 29.6 Å². The number of aliphatic imine (C=N–C) groups is 1. The van der Waals surface area contributed by atoms with Gasteiger partial charge in [0.1, 0.15) is 0 Å². The summed E-state index contributed by atoms with van der Waals surface area (Å²) in [6.45, 7) is 3.15. The number of nitriles is 2. The van der Waals surface area contributed by atoms with Crippen molar-refractivity contribution in [2.75, 3.05) is 18.0 Å². The third kappa shape index (κ3) is 5.00. The molecule has 29 heavy (non-hydrogen) atoms. The summed E-state index contributed by atoms with van der Waals surface area (Å²) < 4.78 is 5.36. The molecular weight excluding hydrogens is 364 g/mol. The van der Waals surface area contributed by atoms with Crippen molar-refractivity contribution >= 4 is 17.6 Å². The second kappa shape index (κ2) is 9.52. The number of benzene rings is 2. The summed E-state index contributed by atoms with van der Waals surface area (Å²) in [4.78, 5) is 18.8. The molecule has 0 radical (unpaired) electrons. The van der Waals surface area contributed by atoms with Crippen LogP contribution in [0.5, 0.6) is 0 Å². The Hall–Kier alpha value is -3.64. The molecule has 0 amide bonds. The van der Waals surface area contributed by atoms with Gasteiger partial charge in [-0.25, -0.2) is 9.79 Å². The summed E-state index contributed by atoms with van der Waals surface area (Å²) in [5.74, 6) is 0.0334. The Kier molecular flexibility index (Phi) is 6.60. The molecule has 1 atom stereocenters. The number of ether oxygens (including phenoxy) is 1. The maximum atomic E-state index is 12.3. The van der Waals surface area contributed by atoms with Crippen LogP contribution in [0.25, 0.3) is 0 Å². The van der Waals surface area contributed by atoms with Crippen LogP contribution in [0.15, 0.2) is 53.5 Å². The molecule has 1 aliphatic heterocycles. The first-order valence-electron chi connectivity index (χ1n) is 9.55. The number of carbonyl (C=O) groups is 1. The van der Waals surface area contributed by atoms with Gasteiger partial charge in [-0.2, -0.15) is 10.5 Å². The maximum Gasteiger partial charge on any atom is 0.338 e. The quantitative estimate of drug-likeness (QED) is 0.647. The van der Waals surface area contributed by atoms with E-state index >= 15 is 0 Å². The Labute approximate surface area is 170 Å². The van der Waals surface area contributed by atoms with E-state index in [4.69, 9.17) is 15.3 Å². The molecule has 0 spiro atoms. The molecule has 2 aromatic carbocycles. The number of hydrogen-bond donors (Lipinski definition) is 0. The van der Waals surface area contributed by atoms with Crippen molar-refractivity contribution in [3.05, 3.63) is 65.2 Å². The SMILES string of the molecule is Cc1cc(N(CCC#N)CCC#N)ccc1C[C@H]1N=C(c2ccccc2)OC1=O. The number of nitrogens with zero attached hydrogens (tertiary/aromatic N) is 4. The van der Waals surface area contributed by atoms with Crippen molar-refractivity contribution in [1.29, 1.82) is 10.5 Å². The molecule has 0 N–H and O–H groups in total. The molecule has 6 heteroatoms. The zero-order chi connectivity index (χ0) is 20.6. The standard InChI is InChI=1S/C23H22N4O2/c1-17-15-20(27(13-5-11-24)14-6-12-25)10-9-19(17)16-21-23(28)29-22(26-21)18-7-3-2-4-8-18/h2-4,7-10,15,21H,5-6,13-14,16H2,1H3/t21-/m1/s1. The third-order valence-electron chi connectivity index (χ3n) is 4.85. The van der Waals surface area contributed by atoms with Crippen LogP contribution in [0.3, 0.4) is 0 Å². The molecule has 0 saturated carbocycles. The van der Waals surface area contributed by atoms with Gasteiger partial charge < -0.3 is 9.64 Å². The fourth-order valence-corrected chi connectivity index (χ4v) is 3.28. The highest BCUT2D eigenvalue weighted by molar-refractivity contribution is 6.06. The Morgan fingerprint density at radius 1 is 1.07 bits per heavy atom. The second-order valence-corrected chi connectivity index (χ2v) is 6.86. The fraction of sp³-hybridized carbons (Fsp3) is 0.304. The Bertz CT molecular complexity index is 968. The molecule has 2 aromatic rings. The zero-order valence-corrected chi connectivity index (χ0v) is 16.3. The topological polar surface area (TPSA) is 89.5 Å². The van der Waals surface area contributed by atoms with Crippen LogP contribution in [-0.2, 0) is 16.0 Å². The molecule has 146 valence electrons. The molecule has 0 aromatic heterocycles. The summed E-state index contributed by atoms with van der Waals surface area (Å²) in [7, 11) is 0. The second-order valence-electron chi connectivity index (χ2n) is 6.86. The van der Waals surface area contributed by atoms with Gasteiger partial charge in [0, 0.05) is 30.8 Å². The van der Waals surface area contributed by atoms with Gasteiger partial charge in [0.05, 0.1) is 25.0 Å². The average molecular weight is 386 g/mol. The van der Waals surface area contributed by atoms with Gasteiger partial charge in [0.15, 0.2) is 6.04 Å². The van der Waals surface area contributed by atoms with Gasteiger partial charge in [0.2, 0.25) is 5.90 Å². The summed E-state index contributed by atoms with van der Waals surface area (Å²) in [5, 5.41) is 17.8. The van der Waals surface area contributed by atoms with E-state index < -0.39 is 6.04 Å². The molecule has 0 fully saturated rings. The lowest BCUT2D eigenvalue weighted by Crippen LogP contribution is -2.25. The summed E-state index contributed by atoms with van der Waals surface area (Å²) in [6.07, 6.45) is 1.27. The van der Waals surface area contributed by atoms with Crippen LogP contribution in [0.2, 0.25) is 0 Å². The zero-order valence-electron chi connectivity index (χ0n) is 16.3. The lowest BCUT2D eigenvalue weighted by atomic mass is 10.0. The summed E-state index contributed by atoms with van der Waals surface area (Å²) >= 11 is 0. The number of rotatable bonds is 8. The number of hydrogen-bond acceptors (Lipinski definition) is 6. The number of carbonyl (C=O) groups excluding carboxylic acids is 1. The molecule has 3 rings (SSSR count). The lowest BCUT2D eigenvalue weighted by molar-refractivity contribution is -0.134. The number of esters is 1. The minimum Gasteiger partial charge on any atom is -0.406 e. The smallest absolute Gasteiger partial charge is 0.338 e. The number of cyclic esters (lactones) is 1. The Balaban J connectivity index is 1.75. The van der Waals surface area contributed by atoms with Crippen LogP contribution >= 0.6 is 0 Å². The predicted octanol–water partition coefficient (Wildman–Crippen LogP) is 3.54. The average Bonchev–Trinajstić information content (AvgIpc) is 3.11. The highest BCUT2D eigenvalue weighted by atomic mass is 16.6. The Morgan fingerprint density at radius 2 is 1.76 bits per heavy atom. The van der Waals surface area contributed by atoms with Gasteiger partial charge in [-0.1, -0.05) is 24.3 Å². The van der Waals surface area contributed by atoms with Crippen molar-refractivity contribution < 1.29 is 9.53 Å². The minimum absolute atomic E-state index is 0.336. The van der Waals surface area contributed by atoms with E-state index in [1.807, 2.05) is 60.4 Å². The van der Waals surface area contributed by atoms with Gasteiger partial charge in [-0.05, 0) is 42.3 Å². The van der Waals surface area contributed by atoms with Crippen molar-refractivity contribution in [3.8, 4) is 12.1 Å². The molecular formula is C23H22N4O2. The van der Waals surface area contributed by atoms with Crippen LogP contribution in [0.1, 0.15) is 29.5 Å². The van der Waals surface area contributed by atoms with Crippen molar-refractivity contribution in [1.82, 2.24) is 0 Å². The molecule has 6 nitrogen and oxygen atoms in total. The summed E-state index contributed by atoms with van der Waals surface area (Å²) in [5.41, 5.74) is 3.83. The van der Waals surface area contributed by atoms with Gasteiger partial charge in [-0.3, -0.25) is 0 Å². The van der Waals surface area contributed by atoms with Crippen molar-refractivity contribution in [3.63, 3.8) is 0 Å². The summed E-state index contributed by atoms with van der Waals surface area (Å²) in [6, 6.07) is 19.1. The van der Waals surface area contributed by atoms with E-state index in [2.05, 4.69) is 17.1 Å². The van der Waals surface area contributed by atoms with E-state index in [1.165, 1.54) is 0 Å². The normalized spacial score (nSPS) is 15.2. The van der Waals surface area contributed by atoms with E-state index in [0.29, 0.717) is 38.2 Å². The molecule has 0 bridgehead atoms. The first-order chi connectivity index (χ1) is 14.1. The lowest BCUT2D eigenvalue weighted by Gasteiger charge is -2.24. The fourth-order valence-electron chi connectivity index (χ4n) is 3.28. The first kappa shape index (κ1) is 20.1. The number of aryl methyl sites for hydroxylation is 1. The van der Waals surface area contributed by atoms with Gasteiger partial charge >= 0.3 is 5.97 Å².